The van der Waals surface area contributed by atoms with Crippen LogP contribution >= 0.6 is 0 Å². The summed E-state index contributed by atoms with van der Waals surface area (Å²) in [6.45, 7) is 0.485. The molecule has 1 N–H and O–H groups in total. The number of methoxy groups -OCH3 is 1. The van der Waals surface area contributed by atoms with Gasteiger partial charge in [0.1, 0.15) is 11.8 Å². The number of sulfonamides is 1. The van der Waals surface area contributed by atoms with Crippen LogP contribution < -0.4 is 14.4 Å². The lowest BCUT2D eigenvalue weighted by atomic mass is 10.3. The molecule has 0 bridgehead atoms. The second-order valence-electron chi connectivity index (χ2n) is 5.46. The van der Waals surface area contributed by atoms with Crippen molar-refractivity contribution in [3.05, 3.63) is 54.6 Å². The lowest BCUT2D eigenvalue weighted by Gasteiger charge is -2.17. The molecular weight excluding hydrogens is 328 g/mol. The summed E-state index contributed by atoms with van der Waals surface area (Å²) in [5.74, 6) is 0.333. The molecule has 1 heterocycles. The highest BCUT2D eigenvalue weighted by molar-refractivity contribution is 7.89. The predicted molar refractivity (Wildman–Crippen MR) is 90.5 cm³/mol. The topological polar surface area (TPSA) is 75.7 Å². The number of nitrogens with one attached hydrogen (secondary N) is 1. The fraction of sp³-hybridized carbons (Fsp3) is 0.235. The molecule has 0 unspecified atom stereocenters. The molecule has 2 aromatic rings. The van der Waals surface area contributed by atoms with Crippen LogP contribution in [-0.4, -0.2) is 34.0 Å². The Labute approximate surface area is 141 Å². The first-order valence-corrected chi connectivity index (χ1v) is 9.02. The van der Waals surface area contributed by atoms with Crippen LogP contribution in [0.2, 0.25) is 0 Å². The van der Waals surface area contributed by atoms with Crippen LogP contribution in [0.5, 0.6) is 5.75 Å². The Kier molecular flexibility index (Phi) is 4.55. The van der Waals surface area contributed by atoms with Gasteiger partial charge in [0, 0.05) is 12.2 Å². The third-order valence-electron chi connectivity index (χ3n) is 3.94. The lowest BCUT2D eigenvalue weighted by Crippen LogP contribution is -2.41. The van der Waals surface area contributed by atoms with E-state index in [2.05, 4.69) is 4.72 Å². The molecule has 0 spiro atoms. The normalized spacial score (nSPS) is 18.0. The Balaban J connectivity index is 1.74. The number of para-hydroxylation sites is 1. The fourth-order valence-electron chi connectivity index (χ4n) is 2.66. The molecule has 0 aliphatic carbocycles. The molecule has 3 rings (SSSR count). The van der Waals surface area contributed by atoms with E-state index in [-0.39, 0.29) is 10.8 Å². The van der Waals surface area contributed by atoms with E-state index in [9.17, 15) is 13.2 Å². The smallest absolute Gasteiger partial charge is 0.245 e. The van der Waals surface area contributed by atoms with Gasteiger partial charge in [0.25, 0.3) is 0 Å². The highest BCUT2D eigenvalue weighted by Crippen LogP contribution is 2.23. The number of nitrogens with zero attached hydrogens (tertiary/aromatic N) is 1. The van der Waals surface area contributed by atoms with Gasteiger partial charge in [0.05, 0.1) is 12.0 Å². The van der Waals surface area contributed by atoms with E-state index in [0.717, 1.165) is 5.69 Å². The molecule has 0 aromatic heterocycles. The summed E-state index contributed by atoms with van der Waals surface area (Å²) in [4.78, 5) is 14.2. The van der Waals surface area contributed by atoms with Crippen molar-refractivity contribution in [3.63, 3.8) is 0 Å². The number of rotatable bonds is 5. The van der Waals surface area contributed by atoms with Gasteiger partial charge in [-0.25, -0.2) is 8.42 Å². The van der Waals surface area contributed by atoms with E-state index in [4.69, 9.17) is 4.74 Å². The molecule has 24 heavy (non-hydrogen) atoms. The second-order valence-corrected chi connectivity index (χ2v) is 7.18. The molecule has 1 saturated heterocycles. The Morgan fingerprint density at radius 2 is 1.75 bits per heavy atom. The number of amides is 1. The van der Waals surface area contributed by atoms with Crippen molar-refractivity contribution in [3.8, 4) is 5.75 Å². The van der Waals surface area contributed by atoms with Gasteiger partial charge in [-0.2, -0.15) is 4.72 Å². The van der Waals surface area contributed by atoms with E-state index >= 15 is 0 Å². The number of carbonyl (C=O) groups excluding carboxylic acids is 1. The molecule has 1 fully saturated rings. The highest BCUT2D eigenvalue weighted by atomic mass is 32.2. The quantitative estimate of drug-likeness (QED) is 0.895. The van der Waals surface area contributed by atoms with Crippen molar-refractivity contribution < 1.29 is 17.9 Å². The molecule has 1 aliphatic rings. The summed E-state index contributed by atoms with van der Waals surface area (Å²) in [6, 6.07) is 14.5. The number of hydrogen-bond donors (Lipinski definition) is 1. The minimum Gasteiger partial charge on any atom is -0.497 e. The summed E-state index contributed by atoms with van der Waals surface area (Å²) in [5.41, 5.74) is 0.772. The average Bonchev–Trinajstić information content (AvgIpc) is 2.96. The number of ether oxygens (including phenoxy) is 1. The molecule has 2 aromatic carbocycles. The maximum atomic E-state index is 12.5. The Morgan fingerprint density at radius 1 is 1.08 bits per heavy atom. The van der Waals surface area contributed by atoms with Crippen LogP contribution in [0.1, 0.15) is 6.42 Å². The van der Waals surface area contributed by atoms with Gasteiger partial charge in [-0.05, 0) is 42.8 Å². The maximum absolute atomic E-state index is 12.5. The SMILES string of the molecule is COc1ccc(S(=O)(=O)N[C@H]2CCN(c3ccccc3)C2=O)cc1. The third-order valence-corrected chi connectivity index (χ3v) is 5.43. The summed E-state index contributed by atoms with van der Waals surface area (Å²) in [6.07, 6.45) is 0.434. The molecule has 1 aliphatic heterocycles. The molecule has 1 amide bonds. The van der Waals surface area contributed by atoms with E-state index in [1.54, 1.807) is 17.0 Å². The van der Waals surface area contributed by atoms with Gasteiger partial charge >= 0.3 is 0 Å². The monoisotopic (exact) mass is 346 g/mol. The van der Waals surface area contributed by atoms with Crippen molar-refractivity contribution in [1.29, 1.82) is 0 Å². The zero-order chi connectivity index (χ0) is 17.2. The van der Waals surface area contributed by atoms with Gasteiger partial charge in [-0.15, -0.1) is 0 Å². The summed E-state index contributed by atoms with van der Waals surface area (Å²) in [5, 5.41) is 0. The molecule has 0 saturated carbocycles. The summed E-state index contributed by atoms with van der Waals surface area (Å²) < 4.78 is 32.4. The highest BCUT2D eigenvalue weighted by Gasteiger charge is 2.35. The van der Waals surface area contributed by atoms with Gasteiger partial charge in [0.15, 0.2) is 0 Å². The predicted octanol–water partition coefficient (Wildman–Crippen LogP) is 1.78. The number of benzene rings is 2. The van der Waals surface area contributed by atoms with Crippen LogP contribution in [0.15, 0.2) is 59.5 Å². The summed E-state index contributed by atoms with van der Waals surface area (Å²) >= 11 is 0. The third kappa shape index (κ3) is 3.27. The van der Waals surface area contributed by atoms with Gasteiger partial charge in [-0.3, -0.25) is 4.79 Å². The Hall–Kier alpha value is -2.38. The number of hydrogen-bond acceptors (Lipinski definition) is 4. The van der Waals surface area contributed by atoms with Gasteiger partial charge in [-0.1, -0.05) is 18.2 Å². The van der Waals surface area contributed by atoms with Crippen molar-refractivity contribution in [2.24, 2.45) is 0 Å². The first kappa shape index (κ1) is 16.5. The minimum atomic E-state index is -3.76. The maximum Gasteiger partial charge on any atom is 0.245 e. The Bertz CT molecular complexity index is 819. The molecule has 7 heteroatoms. The second kappa shape index (κ2) is 6.62. The molecule has 6 nitrogen and oxygen atoms in total. The van der Waals surface area contributed by atoms with Crippen molar-refractivity contribution in [2.75, 3.05) is 18.6 Å². The zero-order valence-corrected chi connectivity index (χ0v) is 14.0. The first-order valence-electron chi connectivity index (χ1n) is 7.54. The van der Waals surface area contributed by atoms with E-state index < -0.39 is 16.1 Å². The van der Waals surface area contributed by atoms with Crippen LogP contribution in [0, 0.1) is 0 Å². The van der Waals surface area contributed by atoms with Crippen LogP contribution in [-0.2, 0) is 14.8 Å². The molecular formula is C17H18N2O4S. The minimum absolute atomic E-state index is 0.106. The number of carbonyl (C=O) groups is 1. The zero-order valence-electron chi connectivity index (χ0n) is 13.2. The van der Waals surface area contributed by atoms with Crippen molar-refractivity contribution >= 4 is 21.6 Å². The van der Waals surface area contributed by atoms with E-state index in [1.807, 2.05) is 30.3 Å². The van der Waals surface area contributed by atoms with E-state index in [1.165, 1.54) is 19.2 Å². The average molecular weight is 346 g/mol. The first-order chi connectivity index (χ1) is 11.5. The van der Waals surface area contributed by atoms with Crippen LogP contribution in [0.4, 0.5) is 5.69 Å². The van der Waals surface area contributed by atoms with Gasteiger partial charge in [0.2, 0.25) is 15.9 Å². The molecule has 1 atom stereocenters. The van der Waals surface area contributed by atoms with Crippen molar-refractivity contribution in [2.45, 2.75) is 17.4 Å². The largest absolute Gasteiger partial charge is 0.497 e. The summed E-state index contributed by atoms with van der Waals surface area (Å²) in [7, 11) is -2.25. The van der Waals surface area contributed by atoms with Crippen molar-refractivity contribution in [1.82, 2.24) is 4.72 Å². The van der Waals surface area contributed by atoms with Gasteiger partial charge < -0.3 is 9.64 Å². The lowest BCUT2D eigenvalue weighted by molar-refractivity contribution is -0.118. The molecule has 126 valence electrons. The molecule has 0 radical (unpaired) electrons. The van der Waals surface area contributed by atoms with Crippen LogP contribution in [0.3, 0.4) is 0 Å². The standard InChI is InChI=1S/C17H18N2O4S/c1-23-14-7-9-15(10-8-14)24(21,22)18-16-11-12-19(17(16)20)13-5-3-2-4-6-13/h2-10,16,18H,11-12H2,1H3/t16-/m0/s1. The number of anilines is 1. The van der Waals surface area contributed by atoms with Crippen LogP contribution in [0.25, 0.3) is 0 Å². The van der Waals surface area contributed by atoms with E-state index in [0.29, 0.717) is 18.7 Å². The fourth-order valence-corrected chi connectivity index (χ4v) is 3.89. The Morgan fingerprint density at radius 3 is 2.38 bits per heavy atom.